The summed E-state index contributed by atoms with van der Waals surface area (Å²) in [6, 6.07) is 11.2. The molecule has 1 heteroatoms. The van der Waals surface area contributed by atoms with Crippen molar-refractivity contribution in [3.05, 3.63) is 47.0 Å². The van der Waals surface area contributed by atoms with Gasteiger partial charge in [0.1, 0.15) is 0 Å². The Morgan fingerprint density at radius 2 is 1.78 bits per heavy atom. The third-order valence-corrected chi connectivity index (χ3v) is 3.63. The summed E-state index contributed by atoms with van der Waals surface area (Å²) >= 11 is 0. The van der Waals surface area contributed by atoms with E-state index in [9.17, 15) is 0 Å². The van der Waals surface area contributed by atoms with E-state index in [4.69, 9.17) is 5.73 Å². The normalized spacial score (nSPS) is 12.9. The fourth-order valence-corrected chi connectivity index (χ4v) is 2.84. The lowest BCUT2D eigenvalue weighted by atomic mass is 9.88. The first-order valence-electron chi connectivity index (χ1n) is 6.95. The number of fused-ring (bicyclic) bond motifs is 1. The van der Waals surface area contributed by atoms with Crippen molar-refractivity contribution in [1.82, 2.24) is 0 Å². The van der Waals surface area contributed by atoms with Crippen LogP contribution in [0, 0.1) is 0 Å². The van der Waals surface area contributed by atoms with Crippen molar-refractivity contribution in [2.24, 2.45) is 5.73 Å². The molecule has 0 aromatic heterocycles. The van der Waals surface area contributed by atoms with Gasteiger partial charge in [-0.25, -0.2) is 0 Å². The second kappa shape index (κ2) is 5.53. The van der Waals surface area contributed by atoms with Gasteiger partial charge in [0.15, 0.2) is 0 Å². The third kappa shape index (κ3) is 2.41. The summed E-state index contributed by atoms with van der Waals surface area (Å²) < 4.78 is 0. The number of hydrogen-bond donors (Lipinski definition) is 1. The van der Waals surface area contributed by atoms with E-state index in [1.54, 1.807) is 0 Å². The van der Waals surface area contributed by atoms with Crippen LogP contribution >= 0.6 is 0 Å². The van der Waals surface area contributed by atoms with Gasteiger partial charge in [-0.3, -0.25) is 0 Å². The Bertz CT molecular complexity index is 541. The van der Waals surface area contributed by atoms with Gasteiger partial charge < -0.3 is 5.73 Å². The molecular formula is C17H23N. The molecule has 1 atom stereocenters. The highest BCUT2D eigenvalue weighted by molar-refractivity contribution is 5.88. The summed E-state index contributed by atoms with van der Waals surface area (Å²) in [6.07, 6.45) is 3.16. The highest BCUT2D eigenvalue weighted by Gasteiger charge is 2.12. The van der Waals surface area contributed by atoms with Gasteiger partial charge in [-0.05, 0) is 53.6 Å². The Hall–Kier alpha value is -1.34. The molecule has 0 aliphatic heterocycles. The molecule has 2 N–H and O–H groups in total. The van der Waals surface area contributed by atoms with E-state index in [0.29, 0.717) is 0 Å². The van der Waals surface area contributed by atoms with Gasteiger partial charge in [0.05, 0.1) is 0 Å². The molecule has 0 bridgehead atoms. The van der Waals surface area contributed by atoms with Crippen molar-refractivity contribution in [1.29, 1.82) is 0 Å². The average molecular weight is 241 g/mol. The molecule has 0 aliphatic carbocycles. The molecule has 0 spiro atoms. The van der Waals surface area contributed by atoms with Crippen LogP contribution in [-0.4, -0.2) is 6.04 Å². The Morgan fingerprint density at radius 3 is 2.39 bits per heavy atom. The van der Waals surface area contributed by atoms with Crippen LogP contribution in [0.3, 0.4) is 0 Å². The van der Waals surface area contributed by atoms with E-state index in [2.05, 4.69) is 51.1 Å². The number of aryl methyl sites for hydroxylation is 1. The highest BCUT2D eigenvalue weighted by atomic mass is 14.6. The molecule has 0 heterocycles. The molecule has 2 aromatic rings. The van der Waals surface area contributed by atoms with E-state index in [1.807, 2.05) is 0 Å². The van der Waals surface area contributed by atoms with Crippen LogP contribution in [0.4, 0.5) is 0 Å². The molecule has 0 radical (unpaired) electrons. The van der Waals surface area contributed by atoms with Crippen molar-refractivity contribution in [2.75, 3.05) is 0 Å². The predicted molar refractivity (Wildman–Crippen MR) is 80.1 cm³/mol. The van der Waals surface area contributed by atoms with E-state index < -0.39 is 0 Å². The van der Waals surface area contributed by atoms with Crippen molar-refractivity contribution in [2.45, 2.75) is 46.1 Å². The molecular weight excluding hydrogens is 218 g/mol. The summed E-state index contributed by atoms with van der Waals surface area (Å²) in [5, 5.41) is 2.73. The van der Waals surface area contributed by atoms with E-state index in [-0.39, 0.29) is 6.04 Å². The van der Waals surface area contributed by atoms with E-state index in [1.165, 1.54) is 27.5 Å². The Kier molecular flexibility index (Phi) is 4.03. The molecule has 1 unspecified atom stereocenters. The summed E-state index contributed by atoms with van der Waals surface area (Å²) in [4.78, 5) is 0. The van der Waals surface area contributed by atoms with Gasteiger partial charge >= 0.3 is 0 Å². The molecule has 0 fully saturated rings. The second-order valence-electron chi connectivity index (χ2n) is 5.10. The molecule has 0 saturated carbocycles. The van der Waals surface area contributed by atoms with Gasteiger partial charge in [-0.2, -0.15) is 0 Å². The van der Waals surface area contributed by atoms with Crippen molar-refractivity contribution in [3.63, 3.8) is 0 Å². The van der Waals surface area contributed by atoms with Crippen LogP contribution in [0.15, 0.2) is 30.3 Å². The Morgan fingerprint density at radius 1 is 1.06 bits per heavy atom. The first-order chi connectivity index (χ1) is 8.67. The third-order valence-electron chi connectivity index (χ3n) is 3.63. The smallest absolute Gasteiger partial charge is 0.00512 e. The number of hydrogen-bond acceptors (Lipinski definition) is 1. The second-order valence-corrected chi connectivity index (χ2v) is 5.10. The minimum Gasteiger partial charge on any atom is -0.328 e. The van der Waals surface area contributed by atoms with Crippen LogP contribution in [0.1, 0.15) is 37.5 Å². The first-order valence-corrected chi connectivity index (χ1v) is 6.95. The lowest BCUT2D eigenvalue weighted by Gasteiger charge is -2.18. The lowest BCUT2D eigenvalue weighted by Crippen LogP contribution is -2.19. The van der Waals surface area contributed by atoms with Gasteiger partial charge in [-0.1, -0.05) is 44.2 Å². The largest absolute Gasteiger partial charge is 0.328 e. The van der Waals surface area contributed by atoms with Crippen molar-refractivity contribution in [3.8, 4) is 0 Å². The fourth-order valence-electron chi connectivity index (χ4n) is 2.84. The number of benzene rings is 2. The zero-order valence-electron chi connectivity index (χ0n) is 11.7. The average Bonchev–Trinajstić information content (AvgIpc) is 2.37. The molecule has 18 heavy (non-hydrogen) atoms. The summed E-state index contributed by atoms with van der Waals surface area (Å²) in [7, 11) is 0. The standard InChI is InChI=1S/C17H23N/c1-4-13-11-14-8-6-7-9-16(14)17(10-12(3)18)15(13)5-2/h6-9,11-12H,4-5,10,18H2,1-3H3. The van der Waals surface area contributed by atoms with Gasteiger partial charge in [0.25, 0.3) is 0 Å². The van der Waals surface area contributed by atoms with Gasteiger partial charge in [-0.15, -0.1) is 0 Å². The highest BCUT2D eigenvalue weighted by Crippen LogP contribution is 2.28. The zero-order chi connectivity index (χ0) is 13.1. The molecule has 1 nitrogen and oxygen atoms in total. The number of rotatable bonds is 4. The zero-order valence-corrected chi connectivity index (χ0v) is 11.7. The van der Waals surface area contributed by atoms with Crippen LogP contribution in [-0.2, 0) is 19.3 Å². The monoisotopic (exact) mass is 241 g/mol. The maximum atomic E-state index is 6.03. The SMILES string of the molecule is CCc1cc2ccccc2c(CC(C)N)c1CC. The molecule has 0 amide bonds. The minimum atomic E-state index is 0.214. The fraction of sp³-hybridized carbons (Fsp3) is 0.412. The van der Waals surface area contributed by atoms with Crippen LogP contribution in [0.2, 0.25) is 0 Å². The Labute approximate surface area is 110 Å². The summed E-state index contributed by atoms with van der Waals surface area (Å²) in [6.45, 7) is 6.57. The lowest BCUT2D eigenvalue weighted by molar-refractivity contribution is 0.734. The van der Waals surface area contributed by atoms with Crippen LogP contribution in [0.5, 0.6) is 0 Å². The summed E-state index contributed by atoms with van der Waals surface area (Å²) in [5.41, 5.74) is 10.5. The van der Waals surface area contributed by atoms with Crippen LogP contribution in [0.25, 0.3) is 10.8 Å². The van der Waals surface area contributed by atoms with E-state index >= 15 is 0 Å². The maximum Gasteiger partial charge on any atom is 0.00512 e. The molecule has 0 saturated heterocycles. The molecule has 0 aliphatic rings. The number of nitrogens with two attached hydrogens (primary N) is 1. The van der Waals surface area contributed by atoms with Crippen molar-refractivity contribution < 1.29 is 0 Å². The summed E-state index contributed by atoms with van der Waals surface area (Å²) in [5.74, 6) is 0. The quantitative estimate of drug-likeness (QED) is 0.864. The van der Waals surface area contributed by atoms with Gasteiger partial charge in [0, 0.05) is 6.04 Å². The molecule has 2 rings (SSSR count). The topological polar surface area (TPSA) is 26.0 Å². The first kappa shape index (κ1) is 13.1. The maximum absolute atomic E-state index is 6.03. The molecule has 2 aromatic carbocycles. The predicted octanol–water partition coefficient (Wildman–Crippen LogP) is 3.85. The Balaban J connectivity index is 2.73. The van der Waals surface area contributed by atoms with Gasteiger partial charge in [0.2, 0.25) is 0 Å². The molecule has 96 valence electrons. The van der Waals surface area contributed by atoms with Crippen LogP contribution < -0.4 is 5.73 Å². The minimum absolute atomic E-state index is 0.214. The van der Waals surface area contributed by atoms with Crippen molar-refractivity contribution >= 4 is 10.8 Å². The van der Waals surface area contributed by atoms with E-state index in [0.717, 1.165) is 19.3 Å².